The number of benzene rings is 1. The van der Waals surface area contributed by atoms with Gasteiger partial charge >= 0.3 is 5.97 Å². The first-order valence-electron chi connectivity index (χ1n) is 10.8. The number of carboxylic acid groups (broad SMARTS) is 1. The molecule has 1 aliphatic carbocycles. The Hall–Kier alpha value is -3.92. The molecular weight excluding hydrogens is 456 g/mol. The van der Waals surface area contributed by atoms with Gasteiger partial charge in [0.2, 0.25) is 0 Å². The summed E-state index contributed by atoms with van der Waals surface area (Å²) in [5, 5.41) is 14.1. The lowest BCUT2D eigenvalue weighted by Crippen LogP contribution is -2.26. The maximum atomic E-state index is 12.9. The van der Waals surface area contributed by atoms with Crippen LogP contribution in [0.2, 0.25) is 0 Å². The van der Waals surface area contributed by atoms with Crippen LogP contribution in [0.1, 0.15) is 47.0 Å². The summed E-state index contributed by atoms with van der Waals surface area (Å²) in [5.41, 5.74) is 4.34. The Labute approximate surface area is 197 Å². The SMILES string of the molecule is COc1ccc2[nH]c(Sc3ccc(C4C5=C(CCCC5=O)Nc5c4c[nH]c5C(=O)O)o3)nc2c1. The van der Waals surface area contributed by atoms with Crippen LogP contribution < -0.4 is 10.1 Å². The van der Waals surface area contributed by atoms with Gasteiger partial charge in [-0.15, -0.1) is 0 Å². The third-order valence-corrected chi connectivity index (χ3v) is 7.02. The molecule has 4 N–H and O–H groups in total. The molecule has 0 saturated heterocycles. The van der Waals surface area contributed by atoms with Gasteiger partial charge in [0.25, 0.3) is 0 Å². The summed E-state index contributed by atoms with van der Waals surface area (Å²) in [6.45, 7) is 0. The van der Waals surface area contributed by atoms with Crippen molar-refractivity contribution in [3.8, 4) is 5.75 Å². The van der Waals surface area contributed by atoms with E-state index in [-0.39, 0.29) is 11.5 Å². The first-order chi connectivity index (χ1) is 16.5. The minimum absolute atomic E-state index is 0.0549. The number of carbonyl (C=O) groups is 2. The van der Waals surface area contributed by atoms with Crippen LogP contribution in [-0.2, 0) is 4.79 Å². The molecule has 10 heteroatoms. The first kappa shape index (κ1) is 20.7. The summed E-state index contributed by atoms with van der Waals surface area (Å²) in [4.78, 5) is 35.3. The maximum absolute atomic E-state index is 12.9. The van der Waals surface area contributed by atoms with Crippen LogP contribution >= 0.6 is 11.8 Å². The summed E-state index contributed by atoms with van der Waals surface area (Å²) in [7, 11) is 1.61. The summed E-state index contributed by atoms with van der Waals surface area (Å²) in [5.74, 6) is -0.166. The maximum Gasteiger partial charge on any atom is 0.354 e. The molecule has 4 aromatic rings. The number of allylic oxidation sites excluding steroid dienone is 2. The standard InChI is InChI=1S/C24H20N4O5S/c1-32-11-5-6-13-15(9-11)28-24(27-13)34-18-8-7-17(33-18)19-12-10-25-22(23(30)31)21(12)26-14-3-2-4-16(29)20(14)19/h5-10,19,25-26H,2-4H2,1H3,(H,27,28)(H,30,31). The number of nitrogens with zero attached hydrogens (tertiary/aromatic N) is 1. The van der Waals surface area contributed by atoms with Crippen molar-refractivity contribution in [2.75, 3.05) is 12.4 Å². The van der Waals surface area contributed by atoms with Gasteiger partial charge in [-0.25, -0.2) is 9.78 Å². The number of carboxylic acids is 1. The van der Waals surface area contributed by atoms with Crippen LogP contribution in [0.3, 0.4) is 0 Å². The topological polar surface area (TPSA) is 133 Å². The minimum Gasteiger partial charge on any atom is -0.497 e. The molecule has 0 bridgehead atoms. The van der Waals surface area contributed by atoms with Crippen molar-refractivity contribution in [3.63, 3.8) is 0 Å². The second kappa shape index (κ2) is 7.84. The number of ketones is 1. The van der Waals surface area contributed by atoms with Crippen LogP contribution in [0.25, 0.3) is 11.0 Å². The van der Waals surface area contributed by atoms with Gasteiger partial charge in [-0.3, -0.25) is 4.79 Å². The number of carbonyl (C=O) groups excluding carboxylic acids is 1. The molecule has 1 atom stereocenters. The fourth-order valence-electron chi connectivity index (χ4n) is 4.68. The Kier molecular flexibility index (Phi) is 4.77. The molecule has 0 saturated carbocycles. The Morgan fingerprint density at radius 3 is 2.97 bits per heavy atom. The average Bonchev–Trinajstić information content (AvgIpc) is 3.55. The van der Waals surface area contributed by atoms with E-state index in [1.54, 1.807) is 13.3 Å². The number of ether oxygens (including phenoxy) is 1. The van der Waals surface area contributed by atoms with Crippen molar-refractivity contribution in [2.45, 2.75) is 35.4 Å². The first-order valence-corrected chi connectivity index (χ1v) is 11.6. The number of H-pyrrole nitrogens is 2. The van der Waals surface area contributed by atoms with E-state index < -0.39 is 11.9 Å². The number of Topliss-reactive ketones (excluding diaryl/α,β-unsaturated/α-hetero) is 1. The van der Waals surface area contributed by atoms with Gasteiger partial charge in [0, 0.05) is 35.5 Å². The van der Waals surface area contributed by atoms with E-state index in [0.29, 0.717) is 45.7 Å². The zero-order valence-corrected chi connectivity index (χ0v) is 18.9. The number of rotatable bonds is 5. The predicted octanol–water partition coefficient (Wildman–Crippen LogP) is 4.91. The second-order valence-electron chi connectivity index (χ2n) is 8.21. The van der Waals surface area contributed by atoms with Gasteiger partial charge in [-0.05, 0) is 48.9 Å². The van der Waals surface area contributed by atoms with Gasteiger partial charge in [0.1, 0.15) is 17.2 Å². The van der Waals surface area contributed by atoms with E-state index >= 15 is 0 Å². The molecule has 0 radical (unpaired) electrons. The second-order valence-corrected chi connectivity index (χ2v) is 9.20. The zero-order chi connectivity index (χ0) is 23.4. The van der Waals surface area contributed by atoms with Crippen LogP contribution in [0, 0.1) is 0 Å². The van der Waals surface area contributed by atoms with Gasteiger partial charge in [-0.1, -0.05) is 0 Å². The normalized spacial score (nSPS) is 17.4. The smallest absolute Gasteiger partial charge is 0.354 e. The van der Waals surface area contributed by atoms with Crippen LogP contribution in [-0.4, -0.2) is 38.9 Å². The lowest BCUT2D eigenvalue weighted by atomic mass is 9.78. The third-order valence-electron chi connectivity index (χ3n) is 6.21. The number of aromatic amines is 2. The Morgan fingerprint density at radius 2 is 2.15 bits per heavy atom. The number of aromatic carboxylic acids is 1. The van der Waals surface area contributed by atoms with Crippen LogP contribution in [0.15, 0.2) is 62.5 Å². The monoisotopic (exact) mass is 476 g/mol. The number of hydrogen-bond donors (Lipinski definition) is 4. The number of hydrogen-bond acceptors (Lipinski definition) is 7. The van der Waals surface area contributed by atoms with Crippen molar-refractivity contribution < 1.29 is 23.8 Å². The number of nitrogens with one attached hydrogen (secondary N) is 3. The molecule has 0 spiro atoms. The highest BCUT2D eigenvalue weighted by molar-refractivity contribution is 7.99. The van der Waals surface area contributed by atoms with E-state index in [2.05, 4.69) is 20.3 Å². The van der Waals surface area contributed by atoms with Gasteiger partial charge in [0.05, 0.1) is 29.7 Å². The van der Waals surface area contributed by atoms with Crippen molar-refractivity contribution >= 4 is 40.2 Å². The van der Waals surface area contributed by atoms with E-state index in [1.165, 1.54) is 11.8 Å². The van der Waals surface area contributed by atoms with Gasteiger partial charge in [-0.2, -0.15) is 0 Å². The molecular formula is C24H20N4O5S. The Morgan fingerprint density at radius 1 is 1.26 bits per heavy atom. The number of furan rings is 1. The fourth-order valence-corrected chi connectivity index (χ4v) is 5.45. The van der Waals surface area contributed by atoms with Crippen LogP contribution in [0.5, 0.6) is 5.75 Å². The molecule has 1 unspecified atom stereocenters. The van der Waals surface area contributed by atoms with E-state index in [4.69, 9.17) is 9.15 Å². The number of fused-ring (bicyclic) bond motifs is 2. The molecule has 3 aromatic heterocycles. The predicted molar refractivity (Wildman–Crippen MR) is 125 cm³/mol. The van der Waals surface area contributed by atoms with E-state index in [0.717, 1.165) is 28.9 Å². The highest BCUT2D eigenvalue weighted by atomic mass is 32.2. The number of anilines is 1. The van der Waals surface area contributed by atoms with Crippen molar-refractivity contribution in [3.05, 3.63) is 64.8 Å². The highest BCUT2D eigenvalue weighted by Gasteiger charge is 2.39. The number of aromatic nitrogens is 3. The summed E-state index contributed by atoms with van der Waals surface area (Å²) < 4.78 is 11.5. The lowest BCUT2D eigenvalue weighted by Gasteiger charge is -2.31. The molecule has 4 heterocycles. The third kappa shape index (κ3) is 3.29. The van der Waals surface area contributed by atoms with Crippen molar-refractivity contribution in [1.82, 2.24) is 15.0 Å². The van der Waals surface area contributed by atoms with Gasteiger partial charge in [0.15, 0.2) is 16.0 Å². The minimum atomic E-state index is -1.06. The lowest BCUT2D eigenvalue weighted by molar-refractivity contribution is -0.116. The Bertz CT molecular complexity index is 1490. The number of methoxy groups -OCH3 is 1. The molecule has 6 rings (SSSR count). The summed E-state index contributed by atoms with van der Waals surface area (Å²) >= 11 is 1.34. The summed E-state index contributed by atoms with van der Waals surface area (Å²) in [6, 6.07) is 9.31. The summed E-state index contributed by atoms with van der Waals surface area (Å²) in [6.07, 6.45) is 3.53. The number of imidazole rings is 1. The zero-order valence-electron chi connectivity index (χ0n) is 18.1. The fraction of sp³-hybridized carbons (Fsp3) is 0.208. The Balaban J connectivity index is 1.37. The molecule has 0 amide bonds. The molecule has 2 aliphatic rings. The van der Waals surface area contributed by atoms with Crippen molar-refractivity contribution in [2.24, 2.45) is 0 Å². The molecule has 1 aliphatic heterocycles. The van der Waals surface area contributed by atoms with E-state index in [9.17, 15) is 14.7 Å². The largest absolute Gasteiger partial charge is 0.497 e. The average molecular weight is 477 g/mol. The molecule has 34 heavy (non-hydrogen) atoms. The van der Waals surface area contributed by atoms with Gasteiger partial charge < -0.3 is 29.5 Å². The molecule has 0 fully saturated rings. The molecule has 172 valence electrons. The van der Waals surface area contributed by atoms with Crippen LogP contribution in [0.4, 0.5) is 5.69 Å². The quantitative estimate of drug-likeness (QED) is 0.319. The molecule has 9 nitrogen and oxygen atoms in total. The van der Waals surface area contributed by atoms with E-state index in [1.807, 2.05) is 30.3 Å². The highest BCUT2D eigenvalue weighted by Crippen LogP contribution is 2.47. The molecule has 1 aromatic carbocycles. The van der Waals surface area contributed by atoms with Crippen molar-refractivity contribution in [1.29, 1.82) is 0 Å².